The Bertz CT molecular complexity index is 1130. The zero-order chi connectivity index (χ0) is 25.1. The SMILES string of the molecule is CCCc1cc(OC(F)F)cc(C(C)C)c1CC(=O)N=S(N)(=O)c1sc(C(C)(C)O)cc1F. The van der Waals surface area contributed by atoms with Gasteiger partial charge in [0.25, 0.3) is 5.91 Å². The second-order valence-corrected chi connectivity index (χ2v) is 11.5. The Hall–Kier alpha value is -1.95. The first-order valence-corrected chi connectivity index (χ1v) is 12.8. The van der Waals surface area contributed by atoms with Gasteiger partial charge in [0.05, 0.1) is 12.0 Å². The molecule has 1 unspecified atom stereocenters. The normalized spacial score (nSPS) is 13.9. The van der Waals surface area contributed by atoms with Crippen molar-refractivity contribution < 1.29 is 32.0 Å². The molecule has 2 aromatic rings. The summed E-state index contributed by atoms with van der Waals surface area (Å²) < 4.78 is 60.6. The molecule has 0 fully saturated rings. The van der Waals surface area contributed by atoms with Gasteiger partial charge in [0, 0.05) is 4.88 Å². The predicted molar refractivity (Wildman–Crippen MR) is 122 cm³/mol. The van der Waals surface area contributed by atoms with E-state index in [1.54, 1.807) is 0 Å². The van der Waals surface area contributed by atoms with Gasteiger partial charge in [-0.3, -0.25) is 4.79 Å². The van der Waals surface area contributed by atoms with Crippen LogP contribution in [0.3, 0.4) is 0 Å². The maximum Gasteiger partial charge on any atom is 0.387 e. The van der Waals surface area contributed by atoms with E-state index in [0.717, 1.165) is 6.07 Å². The molecule has 0 aliphatic rings. The minimum absolute atomic E-state index is 0.00675. The van der Waals surface area contributed by atoms with Crippen LogP contribution in [0.2, 0.25) is 0 Å². The molecule has 1 amide bonds. The van der Waals surface area contributed by atoms with Crippen molar-refractivity contribution in [2.45, 2.75) is 76.2 Å². The lowest BCUT2D eigenvalue weighted by Gasteiger charge is -2.19. The quantitative estimate of drug-likeness (QED) is 0.484. The van der Waals surface area contributed by atoms with Gasteiger partial charge in [-0.2, -0.15) is 8.78 Å². The average molecular weight is 507 g/mol. The number of halogens is 3. The number of carbonyl (C=O) groups excluding carboxylic acids is 1. The number of aryl methyl sites for hydroxylation is 1. The highest BCUT2D eigenvalue weighted by atomic mass is 32.2. The van der Waals surface area contributed by atoms with Crippen LogP contribution in [0.15, 0.2) is 26.8 Å². The first-order chi connectivity index (χ1) is 15.2. The van der Waals surface area contributed by atoms with E-state index in [1.807, 2.05) is 20.8 Å². The van der Waals surface area contributed by atoms with Gasteiger partial charge in [-0.15, -0.1) is 15.7 Å². The summed E-state index contributed by atoms with van der Waals surface area (Å²) in [6.07, 6.45) is 0.897. The molecule has 1 heterocycles. The number of aliphatic hydroxyl groups is 1. The van der Waals surface area contributed by atoms with Gasteiger partial charge < -0.3 is 9.84 Å². The van der Waals surface area contributed by atoms with E-state index in [9.17, 15) is 27.3 Å². The molecular weight excluding hydrogens is 477 g/mol. The number of rotatable bonds is 9. The molecule has 0 aliphatic heterocycles. The lowest BCUT2D eigenvalue weighted by atomic mass is 9.89. The molecule has 6 nitrogen and oxygen atoms in total. The second-order valence-electron chi connectivity index (χ2n) is 8.47. The van der Waals surface area contributed by atoms with Gasteiger partial charge in [0.2, 0.25) is 0 Å². The van der Waals surface area contributed by atoms with Gasteiger partial charge >= 0.3 is 6.61 Å². The van der Waals surface area contributed by atoms with Crippen LogP contribution in [0.25, 0.3) is 0 Å². The molecular formula is C22H29F3N2O4S2. The maximum absolute atomic E-state index is 14.4. The van der Waals surface area contributed by atoms with Crippen LogP contribution in [0, 0.1) is 5.82 Å². The van der Waals surface area contributed by atoms with Crippen molar-refractivity contribution in [3.63, 3.8) is 0 Å². The Kier molecular flexibility index (Phi) is 8.72. The number of hydrogen-bond donors (Lipinski definition) is 2. The van der Waals surface area contributed by atoms with Gasteiger partial charge in [0.15, 0.2) is 19.9 Å². The number of hydrogen-bond acceptors (Lipinski definition) is 5. The van der Waals surface area contributed by atoms with Crippen LogP contribution < -0.4 is 9.88 Å². The number of thiophene rings is 1. The summed E-state index contributed by atoms with van der Waals surface area (Å²) in [5.41, 5.74) is 0.446. The lowest BCUT2D eigenvalue weighted by molar-refractivity contribution is -0.117. The molecule has 0 radical (unpaired) electrons. The van der Waals surface area contributed by atoms with Crippen molar-refractivity contribution in [1.82, 2.24) is 0 Å². The number of alkyl halides is 2. The number of carbonyl (C=O) groups is 1. The second kappa shape index (κ2) is 10.5. The molecule has 1 atom stereocenters. The minimum atomic E-state index is -3.90. The third-order valence-corrected chi connectivity index (χ3v) is 8.19. The lowest BCUT2D eigenvalue weighted by Crippen LogP contribution is -2.17. The van der Waals surface area contributed by atoms with E-state index >= 15 is 0 Å². The zero-order valence-corrected chi connectivity index (χ0v) is 20.8. The van der Waals surface area contributed by atoms with Crippen LogP contribution in [0.1, 0.15) is 68.5 Å². The molecule has 0 saturated carbocycles. The third-order valence-electron chi connectivity index (χ3n) is 4.81. The van der Waals surface area contributed by atoms with Crippen molar-refractivity contribution >= 4 is 27.2 Å². The summed E-state index contributed by atoms with van der Waals surface area (Å²) >= 11 is 0.690. The molecule has 184 valence electrons. The fourth-order valence-electron chi connectivity index (χ4n) is 3.35. The van der Waals surface area contributed by atoms with E-state index in [-0.39, 0.29) is 23.0 Å². The van der Waals surface area contributed by atoms with Crippen molar-refractivity contribution in [3.05, 3.63) is 45.6 Å². The van der Waals surface area contributed by atoms with Crippen LogP contribution in [0.5, 0.6) is 5.75 Å². The fourth-order valence-corrected chi connectivity index (χ4v) is 5.76. The maximum atomic E-state index is 14.4. The molecule has 1 aromatic heterocycles. The summed E-state index contributed by atoms with van der Waals surface area (Å²) in [5, 5.41) is 15.8. The smallest absolute Gasteiger partial charge is 0.387 e. The molecule has 0 saturated heterocycles. The van der Waals surface area contributed by atoms with Crippen LogP contribution in [0.4, 0.5) is 13.2 Å². The number of amides is 1. The van der Waals surface area contributed by atoms with E-state index in [0.29, 0.717) is 40.9 Å². The molecule has 1 aromatic carbocycles. The Balaban J connectivity index is 2.49. The van der Waals surface area contributed by atoms with Crippen LogP contribution >= 0.6 is 11.3 Å². The van der Waals surface area contributed by atoms with E-state index in [1.165, 1.54) is 26.0 Å². The molecule has 0 bridgehead atoms. The first-order valence-electron chi connectivity index (χ1n) is 10.4. The molecule has 0 aliphatic carbocycles. The molecule has 11 heteroatoms. The summed E-state index contributed by atoms with van der Waals surface area (Å²) in [4.78, 5) is 13.0. The van der Waals surface area contributed by atoms with Gasteiger partial charge in [-0.05, 0) is 61.1 Å². The fraction of sp³-hybridized carbons (Fsp3) is 0.500. The average Bonchev–Trinajstić information content (AvgIpc) is 3.05. The van der Waals surface area contributed by atoms with E-state index in [4.69, 9.17) is 5.14 Å². The Morgan fingerprint density at radius 1 is 1.30 bits per heavy atom. The highest BCUT2D eigenvalue weighted by Crippen LogP contribution is 2.34. The van der Waals surface area contributed by atoms with Crippen molar-refractivity contribution in [1.29, 1.82) is 0 Å². The van der Waals surface area contributed by atoms with Gasteiger partial charge in [-0.25, -0.2) is 13.7 Å². The van der Waals surface area contributed by atoms with Crippen molar-refractivity contribution in [3.8, 4) is 5.75 Å². The topological polar surface area (TPSA) is 102 Å². The number of ether oxygens (including phenoxy) is 1. The van der Waals surface area contributed by atoms with Crippen LogP contribution in [-0.2, 0) is 33.2 Å². The summed E-state index contributed by atoms with van der Waals surface area (Å²) in [6, 6.07) is 3.93. The van der Waals surface area contributed by atoms with E-state index < -0.39 is 38.1 Å². The number of benzene rings is 1. The third kappa shape index (κ3) is 7.02. The zero-order valence-electron chi connectivity index (χ0n) is 19.2. The Morgan fingerprint density at radius 3 is 2.42 bits per heavy atom. The first kappa shape index (κ1) is 27.3. The molecule has 3 N–H and O–H groups in total. The largest absolute Gasteiger partial charge is 0.435 e. The summed E-state index contributed by atoms with van der Waals surface area (Å²) in [5.74, 6) is -1.88. The number of nitrogens with zero attached hydrogens (tertiary/aromatic N) is 1. The predicted octanol–water partition coefficient (Wildman–Crippen LogP) is 5.26. The molecule has 0 spiro atoms. The minimum Gasteiger partial charge on any atom is -0.435 e. The highest BCUT2D eigenvalue weighted by molar-refractivity contribution is 7.93. The number of nitrogens with two attached hydrogens (primary N) is 1. The van der Waals surface area contributed by atoms with Gasteiger partial charge in [0.1, 0.15) is 5.75 Å². The summed E-state index contributed by atoms with van der Waals surface area (Å²) in [6.45, 7) is 5.47. The van der Waals surface area contributed by atoms with Crippen LogP contribution in [-0.4, -0.2) is 21.8 Å². The van der Waals surface area contributed by atoms with Crippen molar-refractivity contribution in [2.75, 3.05) is 0 Å². The van der Waals surface area contributed by atoms with E-state index in [2.05, 4.69) is 9.10 Å². The standard InChI is InChI=1S/C22H29F3N2O4S2/c1-6-7-13-8-14(31-21(24)25)9-15(12(2)3)16(13)10-19(28)27-33(26,30)20-17(23)11-18(32-20)22(4,5)29/h8-9,11-12,21,29H,6-7,10H2,1-5H3,(H2,26,27,28,30). The highest BCUT2D eigenvalue weighted by Gasteiger charge is 2.26. The molecule has 33 heavy (non-hydrogen) atoms. The molecule has 2 rings (SSSR count). The van der Waals surface area contributed by atoms with Crippen molar-refractivity contribution in [2.24, 2.45) is 9.50 Å². The summed E-state index contributed by atoms with van der Waals surface area (Å²) in [7, 11) is -3.90. The Labute approximate surface area is 196 Å². The van der Waals surface area contributed by atoms with Gasteiger partial charge in [-0.1, -0.05) is 27.2 Å². The Morgan fingerprint density at radius 2 is 1.94 bits per heavy atom. The monoisotopic (exact) mass is 506 g/mol.